The van der Waals surface area contributed by atoms with Crippen LogP contribution in [0, 0.1) is 0 Å². The van der Waals surface area contributed by atoms with Gasteiger partial charge in [0.1, 0.15) is 0 Å². The molecule has 0 heterocycles. The van der Waals surface area contributed by atoms with Crippen molar-refractivity contribution in [3.63, 3.8) is 0 Å². The van der Waals surface area contributed by atoms with Gasteiger partial charge < -0.3 is 0 Å². The second-order valence-electron chi connectivity index (χ2n) is 2.43. The van der Waals surface area contributed by atoms with Gasteiger partial charge in [-0.3, -0.25) is 0 Å². The number of aliphatic imine (C=N–C) groups is 1. The number of hydrogen-bond donors (Lipinski definition) is 0. The van der Waals surface area contributed by atoms with Gasteiger partial charge >= 0.3 is 0 Å². The zero-order valence-corrected chi connectivity index (χ0v) is 7.93. The Morgan fingerprint density at radius 2 is 2.00 bits per heavy atom. The first-order valence-corrected chi connectivity index (χ1v) is 4.67. The summed E-state index contributed by atoms with van der Waals surface area (Å²) in [5, 5.41) is 0. The zero-order chi connectivity index (χ0) is 10.4. The highest BCUT2D eigenvalue weighted by molar-refractivity contribution is 7.99. The number of isocyanates is 1. The van der Waals surface area contributed by atoms with Gasteiger partial charge in [0.25, 0.3) is 5.76 Å². The summed E-state index contributed by atoms with van der Waals surface area (Å²) in [6.07, 6.45) is 1.41. The molecule has 0 radical (unpaired) electrons. The van der Waals surface area contributed by atoms with Crippen molar-refractivity contribution >= 4 is 17.8 Å². The van der Waals surface area contributed by atoms with Crippen LogP contribution in [0.25, 0.3) is 0 Å². The lowest BCUT2D eigenvalue weighted by Crippen LogP contribution is -1.83. The number of rotatable bonds is 4. The molecule has 0 amide bonds. The lowest BCUT2D eigenvalue weighted by molar-refractivity contribution is 0.252. The number of halogens is 2. The lowest BCUT2D eigenvalue weighted by atomic mass is 10.2. The molecule has 0 fully saturated rings. The van der Waals surface area contributed by atoms with E-state index < -0.39 is 5.76 Å². The summed E-state index contributed by atoms with van der Waals surface area (Å²) in [6, 6.07) is 6.47. The third kappa shape index (κ3) is 3.68. The normalized spacial score (nSPS) is 9.93. The van der Waals surface area contributed by atoms with Crippen LogP contribution in [-0.2, 0) is 11.3 Å². The van der Waals surface area contributed by atoms with Crippen molar-refractivity contribution in [3.05, 3.63) is 29.8 Å². The van der Waals surface area contributed by atoms with Crippen LogP contribution in [0.15, 0.2) is 34.2 Å². The molecule has 0 aliphatic heterocycles. The molecular weight excluding hydrogens is 208 g/mol. The van der Waals surface area contributed by atoms with Crippen LogP contribution in [0.4, 0.5) is 8.78 Å². The Morgan fingerprint density at radius 3 is 2.50 bits per heavy atom. The third-order valence-electron chi connectivity index (χ3n) is 1.47. The number of benzene rings is 1. The summed E-state index contributed by atoms with van der Waals surface area (Å²) in [6.45, 7) is 0.239. The Kier molecular flexibility index (Phi) is 4.29. The predicted octanol–water partition coefficient (Wildman–Crippen LogP) is 2.84. The van der Waals surface area contributed by atoms with Crippen LogP contribution in [0.1, 0.15) is 5.56 Å². The van der Waals surface area contributed by atoms with E-state index in [4.69, 9.17) is 0 Å². The number of hydrogen-bond acceptors (Lipinski definition) is 3. The molecule has 0 spiro atoms. The molecular formula is C9H7F2NOS. The van der Waals surface area contributed by atoms with Crippen molar-refractivity contribution in [1.82, 2.24) is 0 Å². The standard InChI is InChI=1S/C9H7F2NOS/c10-9(11)14-8-3-1-7(2-4-8)5-12-6-13/h1-4,9H,5H2. The maximum absolute atomic E-state index is 11.9. The second-order valence-corrected chi connectivity index (χ2v) is 3.49. The molecule has 0 aromatic heterocycles. The lowest BCUT2D eigenvalue weighted by Gasteiger charge is -2.00. The van der Waals surface area contributed by atoms with E-state index in [0.29, 0.717) is 16.7 Å². The average Bonchev–Trinajstić information content (AvgIpc) is 2.16. The molecule has 0 saturated carbocycles. The molecule has 14 heavy (non-hydrogen) atoms. The van der Waals surface area contributed by atoms with Crippen LogP contribution >= 0.6 is 11.8 Å². The van der Waals surface area contributed by atoms with E-state index >= 15 is 0 Å². The predicted molar refractivity (Wildman–Crippen MR) is 50.1 cm³/mol. The first kappa shape index (κ1) is 10.9. The number of alkyl halides is 2. The molecule has 0 bridgehead atoms. The molecule has 0 saturated heterocycles. The molecule has 74 valence electrons. The van der Waals surface area contributed by atoms with E-state index in [1.54, 1.807) is 24.3 Å². The highest BCUT2D eigenvalue weighted by Crippen LogP contribution is 2.25. The van der Waals surface area contributed by atoms with Crippen LogP contribution in [0.5, 0.6) is 0 Å². The summed E-state index contributed by atoms with van der Waals surface area (Å²) in [7, 11) is 0. The second kappa shape index (κ2) is 5.52. The largest absolute Gasteiger partial charge is 0.288 e. The van der Waals surface area contributed by atoms with Crippen LogP contribution in [0.3, 0.4) is 0 Å². The maximum Gasteiger partial charge on any atom is 0.288 e. The number of thioether (sulfide) groups is 1. The van der Waals surface area contributed by atoms with Crippen LogP contribution < -0.4 is 0 Å². The monoisotopic (exact) mass is 215 g/mol. The van der Waals surface area contributed by atoms with Gasteiger partial charge in [0.05, 0.1) is 6.54 Å². The van der Waals surface area contributed by atoms with E-state index in [1.165, 1.54) is 6.08 Å². The molecule has 5 heteroatoms. The fourth-order valence-electron chi connectivity index (χ4n) is 0.900. The Balaban J connectivity index is 2.63. The molecule has 1 aromatic rings. The third-order valence-corrected chi connectivity index (χ3v) is 2.20. The molecule has 0 unspecified atom stereocenters. The van der Waals surface area contributed by atoms with Crippen molar-refractivity contribution in [3.8, 4) is 0 Å². The SMILES string of the molecule is O=C=NCc1ccc(SC(F)F)cc1. The van der Waals surface area contributed by atoms with E-state index in [-0.39, 0.29) is 6.54 Å². The van der Waals surface area contributed by atoms with Gasteiger partial charge in [-0.05, 0) is 17.7 Å². The molecule has 0 N–H and O–H groups in total. The Labute approximate surface area is 84.0 Å². The highest BCUT2D eigenvalue weighted by Gasteiger charge is 2.04. The Hall–Kier alpha value is -1.19. The zero-order valence-electron chi connectivity index (χ0n) is 7.11. The van der Waals surface area contributed by atoms with Crippen molar-refractivity contribution in [2.75, 3.05) is 0 Å². The van der Waals surface area contributed by atoms with Gasteiger partial charge in [0.2, 0.25) is 6.08 Å². The minimum absolute atomic E-state index is 0.239. The van der Waals surface area contributed by atoms with Crippen molar-refractivity contribution < 1.29 is 13.6 Å². The average molecular weight is 215 g/mol. The van der Waals surface area contributed by atoms with E-state index in [9.17, 15) is 13.6 Å². The Bertz CT molecular complexity index is 333. The van der Waals surface area contributed by atoms with Crippen molar-refractivity contribution in [2.24, 2.45) is 4.99 Å². The quantitative estimate of drug-likeness (QED) is 0.439. The minimum Gasteiger partial charge on any atom is -0.211 e. The van der Waals surface area contributed by atoms with E-state index in [0.717, 1.165) is 5.56 Å². The van der Waals surface area contributed by atoms with Gasteiger partial charge in [-0.15, -0.1) is 0 Å². The van der Waals surface area contributed by atoms with E-state index in [2.05, 4.69) is 4.99 Å². The van der Waals surface area contributed by atoms with E-state index in [1.807, 2.05) is 0 Å². The number of carbonyl (C=O) groups excluding carboxylic acids is 1. The highest BCUT2D eigenvalue weighted by atomic mass is 32.2. The molecule has 0 aliphatic rings. The first-order valence-electron chi connectivity index (χ1n) is 3.80. The number of nitrogens with zero attached hydrogens (tertiary/aromatic N) is 1. The smallest absolute Gasteiger partial charge is 0.211 e. The topological polar surface area (TPSA) is 29.4 Å². The molecule has 1 aromatic carbocycles. The van der Waals surface area contributed by atoms with Crippen LogP contribution in [-0.4, -0.2) is 11.8 Å². The Morgan fingerprint density at radius 1 is 1.36 bits per heavy atom. The summed E-state index contributed by atoms with van der Waals surface area (Å²) in [4.78, 5) is 13.7. The molecule has 0 aliphatic carbocycles. The minimum atomic E-state index is -2.41. The van der Waals surface area contributed by atoms with Gasteiger partial charge in [-0.1, -0.05) is 23.9 Å². The van der Waals surface area contributed by atoms with Crippen molar-refractivity contribution in [1.29, 1.82) is 0 Å². The molecule has 0 atom stereocenters. The molecule has 2 nitrogen and oxygen atoms in total. The molecule has 1 rings (SSSR count). The summed E-state index contributed by atoms with van der Waals surface area (Å²) in [5.74, 6) is -2.41. The summed E-state index contributed by atoms with van der Waals surface area (Å²) in [5.41, 5.74) is 0.798. The van der Waals surface area contributed by atoms with Gasteiger partial charge in [-0.2, -0.15) is 8.78 Å². The fraction of sp³-hybridized carbons (Fsp3) is 0.222. The fourth-order valence-corrected chi connectivity index (χ4v) is 1.40. The van der Waals surface area contributed by atoms with Crippen LogP contribution in [0.2, 0.25) is 0 Å². The van der Waals surface area contributed by atoms with Gasteiger partial charge in [0, 0.05) is 4.90 Å². The van der Waals surface area contributed by atoms with Gasteiger partial charge in [-0.25, -0.2) is 9.79 Å². The van der Waals surface area contributed by atoms with Gasteiger partial charge in [0.15, 0.2) is 0 Å². The van der Waals surface area contributed by atoms with Crippen molar-refractivity contribution in [2.45, 2.75) is 17.2 Å². The summed E-state index contributed by atoms with van der Waals surface area (Å²) < 4.78 is 23.8. The first-order chi connectivity index (χ1) is 6.72. The maximum atomic E-state index is 11.9. The summed E-state index contributed by atoms with van der Waals surface area (Å²) >= 11 is 0.490.